The first-order valence-electron chi connectivity index (χ1n) is 8.37. The average Bonchev–Trinajstić information content (AvgIpc) is 2.64. The summed E-state index contributed by atoms with van der Waals surface area (Å²) >= 11 is 5.84. The number of ether oxygens (including phenoxy) is 1. The number of carbonyl (C=O) groups excluding carboxylic acids is 1. The van der Waals surface area contributed by atoms with Gasteiger partial charge < -0.3 is 20.3 Å². The van der Waals surface area contributed by atoms with Crippen molar-refractivity contribution < 1.29 is 9.53 Å². The number of morpholine rings is 1. The van der Waals surface area contributed by atoms with Crippen LogP contribution < -0.4 is 15.5 Å². The van der Waals surface area contributed by atoms with E-state index < -0.39 is 0 Å². The van der Waals surface area contributed by atoms with Crippen molar-refractivity contribution in [3.63, 3.8) is 0 Å². The third-order valence-corrected chi connectivity index (χ3v) is 4.47. The monoisotopic (exact) mass is 359 g/mol. The summed E-state index contributed by atoms with van der Waals surface area (Å²) in [6.07, 6.45) is 0. The number of anilines is 2. The minimum Gasteiger partial charge on any atom is -0.378 e. The Morgan fingerprint density at radius 1 is 1.08 bits per heavy atom. The van der Waals surface area contributed by atoms with E-state index >= 15 is 0 Å². The molecule has 0 aromatic heterocycles. The number of benzene rings is 2. The van der Waals surface area contributed by atoms with Crippen molar-refractivity contribution in [3.8, 4) is 0 Å². The summed E-state index contributed by atoms with van der Waals surface area (Å²) in [4.78, 5) is 14.4. The number of halogens is 1. The predicted molar refractivity (Wildman–Crippen MR) is 101 cm³/mol. The van der Waals surface area contributed by atoms with E-state index in [1.54, 1.807) is 24.3 Å². The molecule has 1 aliphatic rings. The molecule has 6 heteroatoms. The number of rotatable bonds is 4. The van der Waals surface area contributed by atoms with Gasteiger partial charge in [-0.05, 0) is 48.9 Å². The maximum atomic E-state index is 12.1. The SMILES string of the molecule is C[C@@H](NC(=O)Nc1ccc(Cl)cc1)c1ccc(N2CCOCC2)cc1. The lowest BCUT2D eigenvalue weighted by atomic mass is 10.1. The van der Waals surface area contributed by atoms with E-state index in [-0.39, 0.29) is 12.1 Å². The lowest BCUT2D eigenvalue weighted by Gasteiger charge is -2.29. The van der Waals surface area contributed by atoms with Crippen molar-refractivity contribution >= 4 is 29.0 Å². The molecular weight excluding hydrogens is 338 g/mol. The lowest BCUT2D eigenvalue weighted by molar-refractivity contribution is 0.122. The van der Waals surface area contributed by atoms with Crippen molar-refractivity contribution in [2.75, 3.05) is 36.5 Å². The van der Waals surface area contributed by atoms with Gasteiger partial charge in [-0.25, -0.2) is 4.79 Å². The Bertz CT molecular complexity index is 698. The fourth-order valence-corrected chi connectivity index (χ4v) is 2.90. The first-order valence-corrected chi connectivity index (χ1v) is 8.75. The van der Waals surface area contributed by atoms with Crippen LogP contribution in [0.15, 0.2) is 48.5 Å². The van der Waals surface area contributed by atoms with Crippen molar-refractivity contribution in [2.45, 2.75) is 13.0 Å². The topological polar surface area (TPSA) is 53.6 Å². The van der Waals surface area contributed by atoms with E-state index in [0.29, 0.717) is 10.7 Å². The highest BCUT2D eigenvalue weighted by atomic mass is 35.5. The van der Waals surface area contributed by atoms with Gasteiger partial charge in [-0.1, -0.05) is 23.7 Å². The fourth-order valence-electron chi connectivity index (χ4n) is 2.78. The summed E-state index contributed by atoms with van der Waals surface area (Å²) in [5.74, 6) is 0. The van der Waals surface area contributed by atoms with Crippen LogP contribution in [0.4, 0.5) is 16.2 Å². The Kier molecular flexibility index (Phi) is 5.79. The molecule has 1 heterocycles. The Balaban J connectivity index is 1.55. The van der Waals surface area contributed by atoms with Crippen LogP contribution in [0.2, 0.25) is 5.02 Å². The molecule has 2 aromatic rings. The highest BCUT2D eigenvalue weighted by Gasteiger charge is 2.13. The van der Waals surface area contributed by atoms with Gasteiger partial charge in [0.2, 0.25) is 0 Å². The van der Waals surface area contributed by atoms with Gasteiger partial charge in [-0.15, -0.1) is 0 Å². The lowest BCUT2D eigenvalue weighted by Crippen LogP contribution is -2.36. The quantitative estimate of drug-likeness (QED) is 0.865. The Morgan fingerprint density at radius 2 is 1.72 bits per heavy atom. The van der Waals surface area contributed by atoms with Crippen LogP contribution in [0.1, 0.15) is 18.5 Å². The zero-order valence-corrected chi connectivity index (χ0v) is 14.9. The van der Waals surface area contributed by atoms with Crippen molar-refractivity contribution in [3.05, 3.63) is 59.1 Å². The Hall–Kier alpha value is -2.24. The van der Waals surface area contributed by atoms with E-state index in [9.17, 15) is 4.79 Å². The van der Waals surface area contributed by atoms with Crippen molar-refractivity contribution in [2.24, 2.45) is 0 Å². The standard InChI is InChI=1S/C19H22ClN3O2/c1-14(21-19(24)22-17-6-4-16(20)5-7-17)15-2-8-18(9-3-15)23-10-12-25-13-11-23/h2-9,14H,10-13H2,1H3,(H2,21,22,24)/t14-/m1/s1. The average molecular weight is 360 g/mol. The number of nitrogens with zero attached hydrogens (tertiary/aromatic N) is 1. The summed E-state index contributed by atoms with van der Waals surface area (Å²) in [7, 11) is 0. The van der Waals surface area contributed by atoms with Gasteiger partial charge in [-0.2, -0.15) is 0 Å². The third-order valence-electron chi connectivity index (χ3n) is 4.22. The maximum absolute atomic E-state index is 12.1. The van der Waals surface area contributed by atoms with Gasteiger partial charge >= 0.3 is 6.03 Å². The summed E-state index contributed by atoms with van der Waals surface area (Å²) in [5.41, 5.74) is 2.95. The fraction of sp³-hybridized carbons (Fsp3) is 0.316. The highest BCUT2D eigenvalue weighted by molar-refractivity contribution is 6.30. The smallest absolute Gasteiger partial charge is 0.319 e. The summed E-state index contributed by atoms with van der Waals surface area (Å²) in [6.45, 7) is 5.33. The maximum Gasteiger partial charge on any atom is 0.319 e. The van der Waals surface area contributed by atoms with Crippen molar-refractivity contribution in [1.82, 2.24) is 5.32 Å². The minimum atomic E-state index is -0.243. The minimum absolute atomic E-state index is 0.0916. The molecule has 2 amide bonds. The summed E-state index contributed by atoms with van der Waals surface area (Å²) in [6, 6.07) is 15.0. The number of nitrogens with one attached hydrogen (secondary N) is 2. The third kappa shape index (κ3) is 4.87. The molecule has 3 rings (SSSR count). The van der Waals surface area contributed by atoms with E-state index in [0.717, 1.165) is 31.9 Å². The molecular formula is C19H22ClN3O2. The number of urea groups is 1. The van der Waals surface area contributed by atoms with Crippen LogP contribution in [0.5, 0.6) is 0 Å². The van der Waals surface area contributed by atoms with E-state index in [2.05, 4.69) is 39.8 Å². The molecule has 5 nitrogen and oxygen atoms in total. The van der Waals surface area contributed by atoms with Crippen LogP contribution in [-0.2, 0) is 4.74 Å². The number of amides is 2. The van der Waals surface area contributed by atoms with E-state index in [1.807, 2.05) is 6.92 Å². The Labute approximate surface area is 152 Å². The Morgan fingerprint density at radius 3 is 2.36 bits per heavy atom. The molecule has 132 valence electrons. The molecule has 1 aliphatic heterocycles. The summed E-state index contributed by atoms with van der Waals surface area (Å²) < 4.78 is 5.38. The number of hydrogen-bond donors (Lipinski definition) is 2. The second-order valence-electron chi connectivity index (χ2n) is 6.02. The van der Waals surface area contributed by atoms with Crippen LogP contribution in [0.25, 0.3) is 0 Å². The van der Waals surface area contributed by atoms with Gasteiger partial charge in [0.25, 0.3) is 0 Å². The number of carbonyl (C=O) groups is 1. The predicted octanol–water partition coefficient (Wildman–Crippen LogP) is 4.06. The second kappa shape index (κ2) is 8.23. The van der Waals surface area contributed by atoms with Gasteiger partial charge in [0, 0.05) is 29.5 Å². The highest BCUT2D eigenvalue weighted by Crippen LogP contribution is 2.20. The molecule has 2 N–H and O–H groups in total. The largest absolute Gasteiger partial charge is 0.378 e. The first kappa shape index (κ1) is 17.6. The van der Waals surface area contributed by atoms with Crippen LogP contribution in [0, 0.1) is 0 Å². The number of hydrogen-bond acceptors (Lipinski definition) is 3. The molecule has 0 spiro atoms. The molecule has 1 saturated heterocycles. The van der Waals surface area contributed by atoms with Crippen LogP contribution >= 0.6 is 11.6 Å². The molecule has 2 aromatic carbocycles. The summed E-state index contributed by atoms with van der Waals surface area (Å²) in [5, 5.41) is 6.38. The van der Waals surface area contributed by atoms with E-state index in [1.165, 1.54) is 5.69 Å². The zero-order valence-electron chi connectivity index (χ0n) is 14.2. The zero-order chi connectivity index (χ0) is 17.6. The normalized spacial score (nSPS) is 15.5. The second-order valence-corrected chi connectivity index (χ2v) is 6.45. The van der Waals surface area contributed by atoms with Crippen LogP contribution in [-0.4, -0.2) is 32.3 Å². The van der Waals surface area contributed by atoms with Gasteiger partial charge in [-0.3, -0.25) is 0 Å². The van der Waals surface area contributed by atoms with Gasteiger partial charge in [0.1, 0.15) is 0 Å². The first-order chi connectivity index (χ1) is 12.1. The van der Waals surface area contributed by atoms with Crippen molar-refractivity contribution in [1.29, 1.82) is 0 Å². The molecule has 1 atom stereocenters. The molecule has 25 heavy (non-hydrogen) atoms. The molecule has 0 bridgehead atoms. The van der Waals surface area contributed by atoms with Crippen LogP contribution in [0.3, 0.4) is 0 Å². The van der Waals surface area contributed by atoms with Gasteiger partial charge in [0.15, 0.2) is 0 Å². The van der Waals surface area contributed by atoms with Gasteiger partial charge in [0.05, 0.1) is 19.3 Å². The molecule has 0 saturated carbocycles. The van der Waals surface area contributed by atoms with E-state index in [4.69, 9.17) is 16.3 Å². The molecule has 0 radical (unpaired) electrons. The molecule has 0 unspecified atom stereocenters. The molecule has 0 aliphatic carbocycles. The molecule has 1 fully saturated rings.